The number of nitrogens with zero attached hydrogens (tertiary/aromatic N) is 2. The molecule has 242 valence electrons. The van der Waals surface area contributed by atoms with Crippen LogP contribution in [0, 0.1) is 0 Å². The summed E-state index contributed by atoms with van der Waals surface area (Å²) in [5, 5.41) is -0.0635. The predicted molar refractivity (Wildman–Crippen MR) is 178 cm³/mol. The fraction of sp³-hybridized carbons (Fsp3) is 0.882. The van der Waals surface area contributed by atoms with Gasteiger partial charge in [0.15, 0.2) is 0 Å². The molecule has 0 N–H and O–H groups in total. The maximum absolute atomic E-state index is 13.1. The Kier molecular flexibility index (Phi) is 29.6. The summed E-state index contributed by atoms with van der Waals surface area (Å²) in [4.78, 5) is 29.8. The molecule has 0 rings (SSSR count). The normalized spacial score (nSPS) is 11.7. The number of unbranched alkanes of at least 4 members (excludes halogenated alkanes) is 12. The maximum atomic E-state index is 13.1. The number of esters is 1. The van der Waals surface area contributed by atoms with Gasteiger partial charge in [-0.05, 0) is 65.6 Å². The topological polar surface area (TPSA) is 59.1 Å². The molecule has 0 aromatic carbocycles. The van der Waals surface area contributed by atoms with Gasteiger partial charge in [-0.1, -0.05) is 115 Å². The highest BCUT2D eigenvalue weighted by molar-refractivity contribution is 8.13. The van der Waals surface area contributed by atoms with E-state index in [9.17, 15) is 9.59 Å². The molecule has 0 aliphatic heterocycles. The highest BCUT2D eigenvalue weighted by Crippen LogP contribution is 2.18. The standard InChI is InChI=1S/C34H66N2O4S/c1-6-9-12-15-16-19-22-28-39-29-27-36(34(38)41-30-23-26-35(4)5)31-33(37)40-32(24-20-17-13-10-7-2)25-21-18-14-11-8-3/h19,22,32H,6-18,20-21,23-31H2,1-5H3/b22-19-. The second kappa shape index (κ2) is 30.4. The van der Waals surface area contributed by atoms with Gasteiger partial charge in [-0.2, -0.15) is 0 Å². The fourth-order valence-electron chi connectivity index (χ4n) is 4.66. The summed E-state index contributed by atoms with van der Waals surface area (Å²) >= 11 is 1.29. The predicted octanol–water partition coefficient (Wildman–Crippen LogP) is 9.27. The van der Waals surface area contributed by atoms with Crippen LogP contribution in [0.5, 0.6) is 0 Å². The van der Waals surface area contributed by atoms with E-state index in [4.69, 9.17) is 9.47 Å². The number of rotatable bonds is 29. The zero-order valence-corrected chi connectivity index (χ0v) is 28.5. The third kappa shape index (κ3) is 27.5. The first-order chi connectivity index (χ1) is 19.9. The minimum atomic E-state index is -0.286. The van der Waals surface area contributed by atoms with Crippen molar-refractivity contribution >= 4 is 23.0 Å². The van der Waals surface area contributed by atoms with Crippen LogP contribution in [-0.2, 0) is 14.3 Å². The number of hydrogen-bond donors (Lipinski definition) is 0. The van der Waals surface area contributed by atoms with Gasteiger partial charge in [0, 0.05) is 12.3 Å². The number of carbonyl (C=O) groups excluding carboxylic acids is 2. The van der Waals surface area contributed by atoms with Crippen molar-refractivity contribution in [2.45, 2.75) is 142 Å². The van der Waals surface area contributed by atoms with Gasteiger partial charge in [0.25, 0.3) is 5.24 Å². The van der Waals surface area contributed by atoms with Gasteiger partial charge in [-0.25, -0.2) is 0 Å². The van der Waals surface area contributed by atoms with Crippen LogP contribution in [0.1, 0.15) is 136 Å². The molecule has 0 heterocycles. The minimum Gasteiger partial charge on any atom is -0.461 e. The Morgan fingerprint density at radius 3 is 1.90 bits per heavy atom. The van der Waals surface area contributed by atoms with Crippen LogP contribution in [0.15, 0.2) is 12.2 Å². The largest absolute Gasteiger partial charge is 0.461 e. The molecule has 0 aliphatic rings. The van der Waals surface area contributed by atoms with Gasteiger partial charge in [-0.15, -0.1) is 0 Å². The van der Waals surface area contributed by atoms with E-state index >= 15 is 0 Å². The van der Waals surface area contributed by atoms with E-state index in [0.29, 0.717) is 19.8 Å². The first-order valence-corrected chi connectivity index (χ1v) is 17.9. The van der Waals surface area contributed by atoms with Crippen LogP contribution < -0.4 is 0 Å². The van der Waals surface area contributed by atoms with Crippen LogP contribution in [0.2, 0.25) is 0 Å². The highest BCUT2D eigenvalue weighted by atomic mass is 32.2. The fourth-order valence-corrected chi connectivity index (χ4v) is 5.45. The SMILES string of the molecule is CCCCCC/C=C\COCCN(CC(=O)OC(CCCCCCC)CCCCCCC)C(=O)SCCCN(C)C. The number of hydrogen-bond acceptors (Lipinski definition) is 6. The Morgan fingerprint density at radius 2 is 1.32 bits per heavy atom. The van der Waals surface area contributed by atoms with Crippen molar-refractivity contribution in [2.24, 2.45) is 0 Å². The smallest absolute Gasteiger partial charge is 0.325 e. The van der Waals surface area contributed by atoms with Crippen molar-refractivity contribution in [2.75, 3.05) is 52.7 Å². The Balaban J connectivity index is 4.85. The number of thioether (sulfide) groups is 1. The molecule has 1 amide bonds. The van der Waals surface area contributed by atoms with Gasteiger partial charge >= 0.3 is 5.97 Å². The first-order valence-electron chi connectivity index (χ1n) is 16.9. The number of carbonyl (C=O) groups is 2. The zero-order valence-electron chi connectivity index (χ0n) is 27.6. The van der Waals surface area contributed by atoms with E-state index in [-0.39, 0.29) is 23.9 Å². The Morgan fingerprint density at radius 1 is 0.732 bits per heavy atom. The molecule has 0 unspecified atom stereocenters. The zero-order chi connectivity index (χ0) is 30.4. The van der Waals surface area contributed by atoms with E-state index in [1.807, 2.05) is 14.1 Å². The summed E-state index contributed by atoms with van der Waals surface area (Å²) in [5.74, 6) is 0.453. The third-order valence-electron chi connectivity index (χ3n) is 7.22. The maximum Gasteiger partial charge on any atom is 0.325 e. The van der Waals surface area contributed by atoms with Crippen molar-refractivity contribution in [3.63, 3.8) is 0 Å². The second-order valence-electron chi connectivity index (χ2n) is 11.6. The molecular formula is C34H66N2O4S. The van der Waals surface area contributed by atoms with Crippen LogP contribution in [-0.4, -0.2) is 79.8 Å². The summed E-state index contributed by atoms with van der Waals surface area (Å²) in [7, 11) is 4.08. The third-order valence-corrected chi connectivity index (χ3v) is 8.22. The van der Waals surface area contributed by atoms with Gasteiger partial charge in [0.05, 0.1) is 13.2 Å². The summed E-state index contributed by atoms with van der Waals surface area (Å²) in [6.07, 6.45) is 25.1. The van der Waals surface area contributed by atoms with E-state index < -0.39 is 0 Å². The second-order valence-corrected chi connectivity index (χ2v) is 12.7. The van der Waals surface area contributed by atoms with E-state index in [1.165, 1.54) is 88.8 Å². The molecule has 0 spiro atoms. The molecule has 0 saturated carbocycles. The molecule has 0 saturated heterocycles. The lowest BCUT2D eigenvalue weighted by molar-refractivity contribution is -0.150. The van der Waals surface area contributed by atoms with Crippen molar-refractivity contribution in [1.29, 1.82) is 0 Å². The molecule has 7 heteroatoms. The average Bonchev–Trinajstić information content (AvgIpc) is 2.95. The van der Waals surface area contributed by atoms with Crippen LogP contribution in [0.4, 0.5) is 4.79 Å². The van der Waals surface area contributed by atoms with E-state index in [1.54, 1.807) is 4.90 Å². The summed E-state index contributed by atoms with van der Waals surface area (Å²) < 4.78 is 11.8. The Bertz CT molecular complexity index is 616. The lowest BCUT2D eigenvalue weighted by Gasteiger charge is -2.24. The molecule has 0 bridgehead atoms. The van der Waals surface area contributed by atoms with Gasteiger partial charge in [-0.3, -0.25) is 9.59 Å². The molecule has 0 atom stereocenters. The Labute approximate surface area is 258 Å². The minimum absolute atomic E-state index is 0.00168. The van der Waals surface area contributed by atoms with Crippen LogP contribution in [0.3, 0.4) is 0 Å². The number of allylic oxidation sites excluding steroid dienone is 1. The summed E-state index contributed by atoms with van der Waals surface area (Å²) in [6.45, 7) is 8.97. The molecule has 0 radical (unpaired) electrons. The summed E-state index contributed by atoms with van der Waals surface area (Å²) in [5.41, 5.74) is 0. The van der Waals surface area contributed by atoms with E-state index in [2.05, 4.69) is 37.8 Å². The van der Waals surface area contributed by atoms with Gasteiger partial charge in [0.2, 0.25) is 0 Å². The molecule has 41 heavy (non-hydrogen) atoms. The quantitative estimate of drug-likeness (QED) is 0.0486. The molecule has 0 fully saturated rings. The average molecular weight is 599 g/mol. The molecule has 6 nitrogen and oxygen atoms in total. The highest BCUT2D eigenvalue weighted by Gasteiger charge is 2.21. The monoisotopic (exact) mass is 598 g/mol. The lowest BCUT2D eigenvalue weighted by atomic mass is 10.0. The Hall–Kier alpha value is -1.05. The lowest BCUT2D eigenvalue weighted by Crippen LogP contribution is -2.38. The van der Waals surface area contributed by atoms with Crippen LogP contribution >= 0.6 is 11.8 Å². The van der Waals surface area contributed by atoms with Crippen LogP contribution in [0.25, 0.3) is 0 Å². The van der Waals surface area contributed by atoms with Crippen molar-refractivity contribution in [3.05, 3.63) is 12.2 Å². The molecule has 0 aromatic rings. The van der Waals surface area contributed by atoms with Gasteiger partial charge in [0.1, 0.15) is 12.6 Å². The van der Waals surface area contributed by atoms with Crippen molar-refractivity contribution < 1.29 is 19.1 Å². The number of amides is 1. The van der Waals surface area contributed by atoms with Crippen molar-refractivity contribution in [1.82, 2.24) is 9.80 Å². The van der Waals surface area contributed by atoms with Gasteiger partial charge < -0.3 is 19.3 Å². The van der Waals surface area contributed by atoms with E-state index in [0.717, 1.165) is 50.8 Å². The molecule has 0 aliphatic carbocycles. The molecule has 0 aromatic heterocycles. The number of ether oxygens (including phenoxy) is 2. The summed E-state index contributed by atoms with van der Waals surface area (Å²) in [6, 6.07) is 0. The first kappa shape index (κ1) is 40.0. The molecular weight excluding hydrogens is 532 g/mol. The van der Waals surface area contributed by atoms with Crippen molar-refractivity contribution in [3.8, 4) is 0 Å².